The molecule has 1 rings (SSSR count). The Balaban J connectivity index is 2.97. The summed E-state index contributed by atoms with van der Waals surface area (Å²) in [6, 6.07) is 4.76. The summed E-state index contributed by atoms with van der Waals surface area (Å²) < 4.78 is 24.8. The zero-order chi connectivity index (χ0) is 17.2. The van der Waals surface area contributed by atoms with Gasteiger partial charge in [0.1, 0.15) is 6.10 Å². The number of carbonyl (C=O) groups is 2. The van der Waals surface area contributed by atoms with Crippen molar-refractivity contribution in [1.82, 2.24) is 0 Å². The molecular formula is C15H20O8. The molecule has 1 atom stereocenters. The molecule has 1 aromatic rings. The molecule has 0 aliphatic carbocycles. The van der Waals surface area contributed by atoms with E-state index in [4.69, 9.17) is 14.2 Å². The third-order valence-electron chi connectivity index (χ3n) is 2.94. The van der Waals surface area contributed by atoms with E-state index in [2.05, 4.69) is 9.47 Å². The number of benzene rings is 1. The number of aliphatic hydroxyl groups excluding tert-OH is 1. The van der Waals surface area contributed by atoms with Gasteiger partial charge < -0.3 is 28.8 Å². The van der Waals surface area contributed by atoms with E-state index >= 15 is 0 Å². The predicted octanol–water partition coefficient (Wildman–Crippen LogP) is 0.470. The van der Waals surface area contributed by atoms with E-state index in [1.807, 2.05) is 0 Å². The summed E-state index contributed by atoms with van der Waals surface area (Å²) in [5, 5.41) is 9.27. The van der Waals surface area contributed by atoms with Crippen molar-refractivity contribution in [3.63, 3.8) is 0 Å². The lowest BCUT2D eigenvalue weighted by Crippen LogP contribution is -2.16. The fourth-order valence-electron chi connectivity index (χ4n) is 1.66. The first kappa shape index (κ1) is 18.7. The molecule has 8 nitrogen and oxygen atoms in total. The summed E-state index contributed by atoms with van der Waals surface area (Å²) >= 11 is 0. The van der Waals surface area contributed by atoms with Gasteiger partial charge in [0.15, 0.2) is 24.7 Å². The highest BCUT2D eigenvalue weighted by atomic mass is 16.6. The number of methoxy groups -OCH3 is 3. The minimum absolute atomic E-state index is 0.215. The van der Waals surface area contributed by atoms with Gasteiger partial charge in [0.25, 0.3) is 0 Å². The van der Waals surface area contributed by atoms with Crippen molar-refractivity contribution in [1.29, 1.82) is 0 Å². The number of aliphatic hydroxyl groups is 1. The van der Waals surface area contributed by atoms with Crippen LogP contribution >= 0.6 is 0 Å². The molecule has 1 unspecified atom stereocenters. The average Bonchev–Trinajstić information content (AvgIpc) is 2.59. The van der Waals surface area contributed by atoms with E-state index in [1.54, 1.807) is 18.2 Å². The van der Waals surface area contributed by atoms with Crippen LogP contribution in [0, 0.1) is 0 Å². The number of esters is 2. The molecule has 23 heavy (non-hydrogen) atoms. The van der Waals surface area contributed by atoms with Crippen LogP contribution in [0.15, 0.2) is 18.2 Å². The van der Waals surface area contributed by atoms with E-state index in [9.17, 15) is 14.7 Å². The quantitative estimate of drug-likeness (QED) is 0.653. The summed E-state index contributed by atoms with van der Waals surface area (Å²) in [6.45, 7) is -0.862. The molecule has 0 saturated heterocycles. The Morgan fingerprint density at radius 1 is 1.00 bits per heavy atom. The highest BCUT2D eigenvalue weighted by molar-refractivity contribution is 5.71. The molecule has 0 spiro atoms. The van der Waals surface area contributed by atoms with Gasteiger partial charge in [0.2, 0.25) is 0 Å². The van der Waals surface area contributed by atoms with Crippen LogP contribution < -0.4 is 9.47 Å². The van der Waals surface area contributed by atoms with E-state index in [0.717, 1.165) is 0 Å². The first-order chi connectivity index (χ1) is 11.0. The van der Waals surface area contributed by atoms with Gasteiger partial charge in [0.05, 0.1) is 20.8 Å². The van der Waals surface area contributed by atoms with Crippen molar-refractivity contribution in [2.24, 2.45) is 0 Å². The molecule has 0 heterocycles. The monoisotopic (exact) mass is 328 g/mol. The van der Waals surface area contributed by atoms with E-state index in [-0.39, 0.29) is 31.3 Å². The number of hydrogen-bond acceptors (Lipinski definition) is 8. The van der Waals surface area contributed by atoms with E-state index in [1.165, 1.54) is 21.3 Å². The minimum atomic E-state index is -0.570. The van der Waals surface area contributed by atoms with Crippen molar-refractivity contribution < 1.29 is 38.4 Å². The number of rotatable bonds is 9. The molecule has 0 amide bonds. The Hall–Kier alpha value is -2.32. The van der Waals surface area contributed by atoms with Gasteiger partial charge in [-0.2, -0.15) is 0 Å². The average molecular weight is 328 g/mol. The molecule has 128 valence electrons. The van der Waals surface area contributed by atoms with Gasteiger partial charge in [-0.25, -0.2) is 9.59 Å². The lowest BCUT2D eigenvalue weighted by molar-refractivity contribution is -0.144. The molecule has 0 fully saturated rings. The Morgan fingerprint density at radius 3 is 2.04 bits per heavy atom. The largest absolute Gasteiger partial charge is 0.478 e. The van der Waals surface area contributed by atoms with Crippen molar-refractivity contribution in [2.45, 2.75) is 6.10 Å². The zero-order valence-electron chi connectivity index (χ0n) is 13.2. The molecule has 0 bridgehead atoms. The Labute approximate surface area is 133 Å². The summed E-state index contributed by atoms with van der Waals surface area (Å²) in [5.41, 5.74) is 0.625. The lowest BCUT2D eigenvalue weighted by atomic mass is 10.1. The van der Waals surface area contributed by atoms with Crippen LogP contribution in [0.5, 0.6) is 11.5 Å². The molecule has 0 aromatic heterocycles. The van der Waals surface area contributed by atoms with Gasteiger partial charge in [-0.15, -0.1) is 0 Å². The molecule has 8 heteroatoms. The van der Waals surface area contributed by atoms with Crippen molar-refractivity contribution >= 4 is 11.9 Å². The van der Waals surface area contributed by atoms with Crippen molar-refractivity contribution in [3.05, 3.63) is 23.8 Å². The Kier molecular flexibility index (Phi) is 7.86. The maximum absolute atomic E-state index is 11.2. The first-order valence-corrected chi connectivity index (χ1v) is 6.72. The molecule has 0 aliphatic rings. The predicted molar refractivity (Wildman–Crippen MR) is 78.3 cm³/mol. The number of ether oxygens (including phenoxy) is 5. The second-order valence-electron chi connectivity index (χ2n) is 4.34. The lowest BCUT2D eigenvalue weighted by Gasteiger charge is -2.17. The highest BCUT2D eigenvalue weighted by Gasteiger charge is 2.15. The first-order valence-electron chi connectivity index (χ1n) is 6.72. The van der Waals surface area contributed by atoms with Gasteiger partial charge >= 0.3 is 11.9 Å². The normalized spacial score (nSPS) is 11.5. The summed E-state index contributed by atoms with van der Waals surface area (Å²) in [6.07, 6.45) is -0.551. The summed E-state index contributed by atoms with van der Waals surface area (Å²) in [5.74, 6) is -0.666. The van der Waals surface area contributed by atoms with Gasteiger partial charge in [-0.3, -0.25) is 0 Å². The van der Waals surface area contributed by atoms with Crippen molar-refractivity contribution in [2.75, 3.05) is 41.2 Å². The maximum Gasteiger partial charge on any atom is 0.343 e. The molecular weight excluding hydrogens is 308 g/mol. The van der Waals surface area contributed by atoms with E-state index < -0.39 is 18.0 Å². The Morgan fingerprint density at radius 2 is 1.57 bits per heavy atom. The van der Waals surface area contributed by atoms with Crippen LogP contribution in [0.1, 0.15) is 11.7 Å². The van der Waals surface area contributed by atoms with Crippen LogP contribution in [-0.4, -0.2) is 58.2 Å². The third kappa shape index (κ3) is 5.76. The molecule has 0 radical (unpaired) electrons. The third-order valence-corrected chi connectivity index (χ3v) is 2.94. The number of carbonyl (C=O) groups excluding carboxylic acids is 2. The van der Waals surface area contributed by atoms with Crippen LogP contribution in [0.25, 0.3) is 0 Å². The van der Waals surface area contributed by atoms with Crippen LogP contribution in [-0.2, 0) is 23.8 Å². The highest BCUT2D eigenvalue weighted by Crippen LogP contribution is 2.31. The maximum atomic E-state index is 11.2. The summed E-state index contributed by atoms with van der Waals surface area (Å²) in [4.78, 5) is 22.4. The summed E-state index contributed by atoms with van der Waals surface area (Å²) in [7, 11) is 3.94. The molecule has 1 N–H and O–H groups in total. The van der Waals surface area contributed by atoms with Crippen LogP contribution in [0.4, 0.5) is 0 Å². The Bertz CT molecular complexity index is 524. The second-order valence-corrected chi connectivity index (χ2v) is 4.34. The molecule has 1 aromatic carbocycles. The van der Waals surface area contributed by atoms with Gasteiger partial charge in [-0.1, -0.05) is 6.07 Å². The molecule has 0 aliphatic heterocycles. The zero-order valence-corrected chi connectivity index (χ0v) is 13.2. The van der Waals surface area contributed by atoms with Gasteiger partial charge in [0, 0.05) is 7.11 Å². The standard InChI is InChI=1S/C15H20O8/c1-19-13(7-16)10-4-5-11(22-8-14(17)20-2)12(6-10)23-9-15(18)21-3/h4-6,13,16H,7-9H2,1-3H3. The SMILES string of the molecule is COC(=O)COc1ccc(C(CO)OC)cc1OCC(=O)OC. The molecule has 0 saturated carbocycles. The fourth-order valence-corrected chi connectivity index (χ4v) is 1.66. The topological polar surface area (TPSA) is 101 Å². The fraction of sp³-hybridized carbons (Fsp3) is 0.467. The van der Waals surface area contributed by atoms with Crippen molar-refractivity contribution in [3.8, 4) is 11.5 Å². The minimum Gasteiger partial charge on any atom is -0.478 e. The number of hydrogen-bond donors (Lipinski definition) is 1. The van der Waals surface area contributed by atoms with Gasteiger partial charge in [-0.05, 0) is 17.7 Å². The second kappa shape index (κ2) is 9.65. The van der Waals surface area contributed by atoms with E-state index in [0.29, 0.717) is 5.56 Å². The van der Waals surface area contributed by atoms with Crippen LogP contribution in [0.2, 0.25) is 0 Å². The van der Waals surface area contributed by atoms with Crippen LogP contribution in [0.3, 0.4) is 0 Å². The smallest absolute Gasteiger partial charge is 0.343 e.